The molecule has 0 saturated heterocycles. The van der Waals surface area contributed by atoms with E-state index >= 15 is 0 Å². The summed E-state index contributed by atoms with van der Waals surface area (Å²) in [6.45, 7) is 7.24. The van der Waals surface area contributed by atoms with Crippen LogP contribution in [0.1, 0.15) is 97.8 Å². The van der Waals surface area contributed by atoms with Gasteiger partial charge < -0.3 is 0 Å². The molecule has 0 nitrogen and oxygen atoms in total. The Morgan fingerprint density at radius 1 is 0.778 bits per heavy atom. The summed E-state index contributed by atoms with van der Waals surface area (Å²) in [5, 5.41) is 0. The Labute approximate surface area is 116 Å². The molecule has 1 fully saturated rings. The summed E-state index contributed by atoms with van der Waals surface area (Å²) in [5.41, 5.74) is 0. The molecule has 108 valence electrons. The minimum Gasteiger partial charge on any atom is -0.0654 e. The molecule has 0 amide bonds. The van der Waals surface area contributed by atoms with E-state index in [4.69, 9.17) is 0 Å². The van der Waals surface area contributed by atoms with Crippen molar-refractivity contribution < 1.29 is 0 Å². The van der Waals surface area contributed by atoms with Crippen LogP contribution in [0.2, 0.25) is 0 Å². The lowest BCUT2D eigenvalue weighted by atomic mass is 9.73. The number of rotatable bonds is 9. The van der Waals surface area contributed by atoms with E-state index in [0.29, 0.717) is 0 Å². The van der Waals surface area contributed by atoms with E-state index in [9.17, 15) is 0 Å². The van der Waals surface area contributed by atoms with E-state index in [2.05, 4.69) is 20.8 Å². The SMILES string of the molecule is CCCCCCCCCCC1CC(C)CCC1C. The van der Waals surface area contributed by atoms with Gasteiger partial charge in [0.1, 0.15) is 0 Å². The zero-order valence-electron chi connectivity index (χ0n) is 13.2. The van der Waals surface area contributed by atoms with Crippen LogP contribution in [-0.4, -0.2) is 0 Å². The first-order valence-corrected chi connectivity index (χ1v) is 8.74. The zero-order valence-corrected chi connectivity index (χ0v) is 13.2. The third-order valence-corrected chi connectivity index (χ3v) is 5.05. The quantitative estimate of drug-likeness (QED) is 0.406. The van der Waals surface area contributed by atoms with Crippen molar-refractivity contribution in [1.82, 2.24) is 0 Å². The molecule has 0 spiro atoms. The number of hydrogen-bond donors (Lipinski definition) is 0. The second-order valence-corrected chi connectivity index (χ2v) is 6.92. The van der Waals surface area contributed by atoms with Crippen LogP contribution in [0.4, 0.5) is 0 Å². The van der Waals surface area contributed by atoms with Gasteiger partial charge in [0.25, 0.3) is 0 Å². The highest BCUT2D eigenvalue weighted by Crippen LogP contribution is 2.36. The van der Waals surface area contributed by atoms with Crippen molar-refractivity contribution in [1.29, 1.82) is 0 Å². The first-order valence-electron chi connectivity index (χ1n) is 8.74. The molecule has 3 atom stereocenters. The van der Waals surface area contributed by atoms with E-state index in [-0.39, 0.29) is 0 Å². The van der Waals surface area contributed by atoms with Gasteiger partial charge in [-0.3, -0.25) is 0 Å². The van der Waals surface area contributed by atoms with Crippen LogP contribution in [0.3, 0.4) is 0 Å². The average molecular weight is 252 g/mol. The maximum absolute atomic E-state index is 2.49. The van der Waals surface area contributed by atoms with Crippen LogP contribution in [0, 0.1) is 17.8 Å². The molecule has 1 aliphatic rings. The lowest BCUT2D eigenvalue weighted by Gasteiger charge is -2.32. The standard InChI is InChI=1S/C18H36/c1-4-5-6-7-8-9-10-11-12-18-15-16(2)13-14-17(18)3/h16-18H,4-15H2,1-3H3. The van der Waals surface area contributed by atoms with Crippen molar-refractivity contribution in [2.45, 2.75) is 97.8 Å². The van der Waals surface area contributed by atoms with Gasteiger partial charge in [-0.1, -0.05) is 91.4 Å². The van der Waals surface area contributed by atoms with E-state index in [0.717, 1.165) is 17.8 Å². The molecule has 0 bridgehead atoms. The summed E-state index contributed by atoms with van der Waals surface area (Å²) in [6.07, 6.45) is 17.7. The first kappa shape index (κ1) is 16.1. The van der Waals surface area contributed by atoms with Gasteiger partial charge in [0.05, 0.1) is 0 Å². The molecule has 0 radical (unpaired) electrons. The maximum atomic E-state index is 2.49. The minimum absolute atomic E-state index is 1.00. The molecule has 0 aliphatic heterocycles. The molecule has 1 aliphatic carbocycles. The molecule has 0 heterocycles. The topological polar surface area (TPSA) is 0 Å². The minimum atomic E-state index is 1.00. The van der Waals surface area contributed by atoms with Crippen molar-refractivity contribution in [2.75, 3.05) is 0 Å². The van der Waals surface area contributed by atoms with Gasteiger partial charge in [0.15, 0.2) is 0 Å². The average Bonchev–Trinajstić information content (AvgIpc) is 2.36. The fourth-order valence-electron chi connectivity index (χ4n) is 3.59. The van der Waals surface area contributed by atoms with Crippen LogP contribution in [0.25, 0.3) is 0 Å². The monoisotopic (exact) mass is 252 g/mol. The molecule has 0 aromatic rings. The smallest absolute Gasteiger partial charge is 0.0386 e. The second kappa shape index (κ2) is 9.87. The number of unbranched alkanes of at least 4 members (excludes halogenated alkanes) is 7. The number of hydrogen-bond acceptors (Lipinski definition) is 0. The van der Waals surface area contributed by atoms with Crippen LogP contribution in [0.5, 0.6) is 0 Å². The Morgan fingerprint density at radius 3 is 2.06 bits per heavy atom. The van der Waals surface area contributed by atoms with Gasteiger partial charge in [0.2, 0.25) is 0 Å². The molecule has 0 N–H and O–H groups in total. The van der Waals surface area contributed by atoms with E-state index in [1.54, 1.807) is 0 Å². The second-order valence-electron chi connectivity index (χ2n) is 6.92. The Balaban J connectivity index is 1.93. The Morgan fingerprint density at radius 2 is 1.39 bits per heavy atom. The van der Waals surface area contributed by atoms with E-state index in [1.807, 2.05) is 0 Å². The normalized spacial score (nSPS) is 28.5. The highest BCUT2D eigenvalue weighted by molar-refractivity contribution is 4.75. The van der Waals surface area contributed by atoms with Gasteiger partial charge in [-0.2, -0.15) is 0 Å². The Bertz CT molecular complexity index is 184. The van der Waals surface area contributed by atoms with Crippen molar-refractivity contribution in [3.05, 3.63) is 0 Å². The van der Waals surface area contributed by atoms with Gasteiger partial charge in [-0.05, 0) is 24.2 Å². The van der Waals surface area contributed by atoms with Crippen molar-refractivity contribution >= 4 is 0 Å². The van der Waals surface area contributed by atoms with Gasteiger partial charge in [0, 0.05) is 0 Å². The summed E-state index contributed by atoms with van der Waals surface area (Å²) >= 11 is 0. The van der Waals surface area contributed by atoms with Crippen LogP contribution in [0.15, 0.2) is 0 Å². The zero-order chi connectivity index (χ0) is 13.2. The summed E-state index contributed by atoms with van der Waals surface area (Å²) in [6, 6.07) is 0. The summed E-state index contributed by atoms with van der Waals surface area (Å²) in [7, 11) is 0. The molecule has 1 rings (SSSR count). The molecule has 0 aromatic heterocycles. The highest BCUT2D eigenvalue weighted by atomic mass is 14.3. The summed E-state index contributed by atoms with van der Waals surface area (Å²) in [5.74, 6) is 3.06. The predicted molar refractivity (Wildman–Crippen MR) is 82.9 cm³/mol. The molecule has 3 unspecified atom stereocenters. The third kappa shape index (κ3) is 6.81. The highest BCUT2D eigenvalue weighted by Gasteiger charge is 2.24. The van der Waals surface area contributed by atoms with Crippen molar-refractivity contribution in [3.63, 3.8) is 0 Å². The van der Waals surface area contributed by atoms with Crippen molar-refractivity contribution in [3.8, 4) is 0 Å². The molecular weight excluding hydrogens is 216 g/mol. The van der Waals surface area contributed by atoms with Crippen LogP contribution in [-0.2, 0) is 0 Å². The Kier molecular flexibility index (Phi) is 8.80. The Hall–Kier alpha value is 0. The molecule has 18 heavy (non-hydrogen) atoms. The van der Waals surface area contributed by atoms with Gasteiger partial charge in [-0.15, -0.1) is 0 Å². The van der Waals surface area contributed by atoms with E-state index < -0.39 is 0 Å². The van der Waals surface area contributed by atoms with Crippen molar-refractivity contribution in [2.24, 2.45) is 17.8 Å². The maximum Gasteiger partial charge on any atom is -0.0386 e. The molecule has 0 heteroatoms. The lowest BCUT2D eigenvalue weighted by Crippen LogP contribution is -2.21. The third-order valence-electron chi connectivity index (χ3n) is 5.05. The largest absolute Gasteiger partial charge is 0.0654 e. The van der Waals surface area contributed by atoms with Crippen LogP contribution < -0.4 is 0 Å². The predicted octanol–water partition coefficient (Wildman–Crippen LogP) is 6.59. The summed E-state index contributed by atoms with van der Waals surface area (Å²) in [4.78, 5) is 0. The van der Waals surface area contributed by atoms with Crippen LogP contribution >= 0.6 is 0 Å². The fraction of sp³-hybridized carbons (Fsp3) is 1.00. The molecule has 1 saturated carbocycles. The van der Waals surface area contributed by atoms with Gasteiger partial charge >= 0.3 is 0 Å². The molecular formula is C18H36. The molecule has 0 aromatic carbocycles. The summed E-state index contributed by atoms with van der Waals surface area (Å²) < 4.78 is 0. The lowest BCUT2D eigenvalue weighted by molar-refractivity contribution is 0.189. The van der Waals surface area contributed by atoms with Gasteiger partial charge in [-0.25, -0.2) is 0 Å². The fourth-order valence-corrected chi connectivity index (χ4v) is 3.59. The first-order chi connectivity index (χ1) is 8.74. The van der Waals surface area contributed by atoms with E-state index in [1.165, 1.54) is 77.0 Å².